The van der Waals surface area contributed by atoms with Crippen LogP contribution >= 0.6 is 0 Å². The first-order chi connectivity index (χ1) is 16.6. The number of anilines is 1. The van der Waals surface area contributed by atoms with Crippen molar-refractivity contribution in [1.82, 2.24) is 14.6 Å². The number of hydrogen-bond acceptors (Lipinski definition) is 4. The van der Waals surface area contributed by atoms with Gasteiger partial charge in [-0.3, -0.25) is 0 Å². The number of nitrogens with zero attached hydrogens (tertiary/aromatic N) is 4. The number of unbranched alkanes of at least 4 members (excludes halogenated alkanes) is 1. The van der Waals surface area contributed by atoms with Crippen LogP contribution in [-0.4, -0.2) is 38.9 Å². The molecule has 3 heterocycles. The molecule has 6 heteroatoms. The average Bonchev–Trinajstić information content (AvgIpc) is 3.47. The van der Waals surface area contributed by atoms with E-state index in [1.807, 2.05) is 10.6 Å². The maximum atomic E-state index is 13.7. The Bertz CT molecular complexity index is 1280. The van der Waals surface area contributed by atoms with Crippen molar-refractivity contribution < 1.29 is 9.50 Å². The lowest BCUT2D eigenvalue weighted by Crippen LogP contribution is -2.32. The van der Waals surface area contributed by atoms with E-state index in [1.54, 1.807) is 12.1 Å². The summed E-state index contributed by atoms with van der Waals surface area (Å²) in [5.74, 6) is 0.567. The molecule has 1 aliphatic heterocycles. The molecular weight excluding hydrogens is 427 g/mol. The number of benzene rings is 2. The third kappa shape index (κ3) is 4.18. The molecule has 0 amide bonds. The second-order valence-corrected chi connectivity index (χ2v) is 9.21. The monoisotopic (exact) mass is 458 g/mol. The molecule has 34 heavy (non-hydrogen) atoms. The van der Waals surface area contributed by atoms with Crippen LogP contribution in [-0.2, 0) is 6.42 Å². The molecule has 1 fully saturated rings. The molecule has 0 saturated carbocycles. The van der Waals surface area contributed by atoms with Crippen molar-refractivity contribution in [1.29, 1.82) is 0 Å². The highest BCUT2D eigenvalue weighted by molar-refractivity contribution is 5.83. The fourth-order valence-electron chi connectivity index (χ4n) is 4.88. The predicted molar refractivity (Wildman–Crippen MR) is 135 cm³/mol. The van der Waals surface area contributed by atoms with Crippen LogP contribution in [0.5, 0.6) is 0 Å². The first-order valence-corrected chi connectivity index (χ1v) is 12.2. The van der Waals surface area contributed by atoms with E-state index in [1.165, 1.54) is 17.7 Å². The van der Waals surface area contributed by atoms with Gasteiger partial charge in [0.2, 0.25) is 0 Å². The Morgan fingerprint density at radius 3 is 2.50 bits per heavy atom. The number of halogens is 1. The zero-order chi connectivity index (χ0) is 23.7. The Hall–Kier alpha value is -3.25. The molecule has 1 atom stereocenters. The summed E-state index contributed by atoms with van der Waals surface area (Å²) in [6.07, 6.45) is 4.96. The Morgan fingerprint density at radius 1 is 1.06 bits per heavy atom. The highest BCUT2D eigenvalue weighted by atomic mass is 19.1. The first-order valence-electron chi connectivity index (χ1n) is 12.2. The molecule has 2 aromatic heterocycles. The summed E-state index contributed by atoms with van der Waals surface area (Å²) in [6.45, 7) is 5.23. The first kappa shape index (κ1) is 22.5. The summed E-state index contributed by atoms with van der Waals surface area (Å²) >= 11 is 0. The maximum Gasteiger partial charge on any atom is 0.166 e. The Kier molecular flexibility index (Phi) is 6.33. The van der Waals surface area contributed by atoms with E-state index >= 15 is 0 Å². The zero-order valence-electron chi connectivity index (χ0n) is 19.8. The lowest BCUT2D eigenvalue weighted by Gasteiger charge is -2.25. The van der Waals surface area contributed by atoms with Crippen LogP contribution in [0.15, 0.2) is 54.6 Å². The smallest absolute Gasteiger partial charge is 0.166 e. The molecule has 5 rings (SSSR count). The Labute approximate surface area is 199 Å². The van der Waals surface area contributed by atoms with E-state index in [2.05, 4.69) is 43.0 Å². The molecular formula is C28H31FN4O. The van der Waals surface area contributed by atoms with Crippen molar-refractivity contribution in [3.63, 3.8) is 0 Å². The van der Waals surface area contributed by atoms with Crippen LogP contribution in [0.2, 0.25) is 0 Å². The molecule has 1 saturated heterocycles. The van der Waals surface area contributed by atoms with Gasteiger partial charge < -0.3 is 10.0 Å². The summed E-state index contributed by atoms with van der Waals surface area (Å²) < 4.78 is 15.6. The van der Waals surface area contributed by atoms with Gasteiger partial charge in [0.25, 0.3) is 0 Å². The van der Waals surface area contributed by atoms with Gasteiger partial charge in [-0.1, -0.05) is 43.2 Å². The van der Waals surface area contributed by atoms with Crippen LogP contribution < -0.4 is 4.90 Å². The molecule has 0 spiro atoms. The van der Waals surface area contributed by atoms with Crippen molar-refractivity contribution in [2.24, 2.45) is 0 Å². The van der Waals surface area contributed by atoms with Crippen LogP contribution in [0, 0.1) is 12.7 Å². The average molecular weight is 459 g/mol. The van der Waals surface area contributed by atoms with E-state index in [4.69, 9.17) is 10.1 Å². The minimum atomic E-state index is -0.265. The molecule has 0 radical (unpaired) electrons. The van der Waals surface area contributed by atoms with Crippen molar-refractivity contribution in [2.75, 3.05) is 18.1 Å². The van der Waals surface area contributed by atoms with Gasteiger partial charge in [-0.2, -0.15) is 5.10 Å². The van der Waals surface area contributed by atoms with Crippen LogP contribution in [0.3, 0.4) is 0 Å². The van der Waals surface area contributed by atoms with Crippen molar-refractivity contribution in [2.45, 2.75) is 52.0 Å². The van der Waals surface area contributed by atoms with E-state index < -0.39 is 0 Å². The molecule has 5 nitrogen and oxygen atoms in total. The quantitative estimate of drug-likeness (QED) is 0.379. The Balaban J connectivity index is 1.78. The van der Waals surface area contributed by atoms with E-state index in [0.29, 0.717) is 0 Å². The topological polar surface area (TPSA) is 53.7 Å². The van der Waals surface area contributed by atoms with Gasteiger partial charge in [0.1, 0.15) is 11.6 Å². The minimum Gasteiger partial charge on any atom is -0.394 e. The third-order valence-electron chi connectivity index (χ3n) is 6.78. The summed E-state index contributed by atoms with van der Waals surface area (Å²) in [5, 5.41) is 15.0. The normalized spacial score (nSPS) is 16.0. The van der Waals surface area contributed by atoms with E-state index in [-0.39, 0.29) is 18.5 Å². The molecule has 0 unspecified atom stereocenters. The number of aryl methyl sites for hydroxylation is 2. The number of rotatable bonds is 7. The second-order valence-electron chi connectivity index (χ2n) is 9.21. The molecule has 0 bridgehead atoms. The SMILES string of the molecule is CCCCc1nn2c(-c3ccc(F)cc3)cc(N3CCC[C@H]3CO)nc2c1-c1ccc(C)cc1. The van der Waals surface area contributed by atoms with E-state index in [0.717, 1.165) is 78.2 Å². The van der Waals surface area contributed by atoms with Gasteiger partial charge in [-0.25, -0.2) is 13.9 Å². The highest BCUT2D eigenvalue weighted by Gasteiger charge is 2.27. The Morgan fingerprint density at radius 2 is 1.79 bits per heavy atom. The predicted octanol–water partition coefficient (Wildman–Crippen LogP) is 5.81. The van der Waals surface area contributed by atoms with Gasteiger partial charge in [0, 0.05) is 23.7 Å². The van der Waals surface area contributed by atoms with E-state index in [9.17, 15) is 9.50 Å². The van der Waals surface area contributed by atoms with Crippen molar-refractivity contribution in [3.8, 4) is 22.4 Å². The lowest BCUT2D eigenvalue weighted by atomic mass is 10.0. The zero-order valence-corrected chi connectivity index (χ0v) is 19.8. The minimum absolute atomic E-state index is 0.0568. The summed E-state index contributed by atoms with van der Waals surface area (Å²) in [5.41, 5.74) is 6.95. The maximum absolute atomic E-state index is 13.7. The summed E-state index contributed by atoms with van der Waals surface area (Å²) in [4.78, 5) is 7.33. The molecule has 1 aliphatic rings. The summed E-state index contributed by atoms with van der Waals surface area (Å²) in [7, 11) is 0. The third-order valence-corrected chi connectivity index (χ3v) is 6.78. The number of fused-ring (bicyclic) bond motifs is 1. The highest BCUT2D eigenvalue weighted by Crippen LogP contribution is 2.35. The van der Waals surface area contributed by atoms with Crippen LogP contribution in [0.4, 0.5) is 10.2 Å². The van der Waals surface area contributed by atoms with Crippen LogP contribution in [0.1, 0.15) is 43.9 Å². The van der Waals surface area contributed by atoms with Gasteiger partial charge in [-0.05, 0) is 62.4 Å². The standard InChI is InChI=1S/C28H31FN4O/c1-3-4-7-24-27(21-10-8-19(2)9-11-21)28-30-26(32-16-5-6-23(32)18-34)17-25(33(28)31-24)20-12-14-22(29)15-13-20/h8-15,17,23,34H,3-7,16,18H2,1-2H3/t23-/m0/s1. The van der Waals surface area contributed by atoms with Crippen LogP contribution in [0.25, 0.3) is 28.0 Å². The van der Waals surface area contributed by atoms with Crippen molar-refractivity contribution in [3.05, 3.63) is 71.7 Å². The van der Waals surface area contributed by atoms with Gasteiger partial charge >= 0.3 is 0 Å². The fraction of sp³-hybridized carbons (Fsp3) is 0.357. The number of aliphatic hydroxyl groups is 1. The van der Waals surface area contributed by atoms with Crippen molar-refractivity contribution >= 4 is 11.5 Å². The number of hydrogen-bond donors (Lipinski definition) is 1. The fourth-order valence-corrected chi connectivity index (χ4v) is 4.88. The number of aromatic nitrogens is 3. The lowest BCUT2D eigenvalue weighted by molar-refractivity contribution is 0.266. The molecule has 4 aromatic rings. The molecule has 1 N–H and O–H groups in total. The van der Waals surface area contributed by atoms with Gasteiger partial charge in [0.15, 0.2) is 5.65 Å². The molecule has 176 valence electrons. The van der Waals surface area contributed by atoms with Gasteiger partial charge in [-0.15, -0.1) is 0 Å². The molecule has 0 aliphatic carbocycles. The molecule has 2 aromatic carbocycles. The van der Waals surface area contributed by atoms with Gasteiger partial charge in [0.05, 0.1) is 24.0 Å². The largest absolute Gasteiger partial charge is 0.394 e. The summed E-state index contributed by atoms with van der Waals surface area (Å²) in [6, 6.07) is 17.2. The number of aliphatic hydroxyl groups excluding tert-OH is 1. The second kappa shape index (κ2) is 9.55.